The number of hydrogen-bond donors (Lipinski definition) is 8. The molecule has 1 aliphatic carbocycles. The van der Waals surface area contributed by atoms with Crippen LogP contribution >= 0.6 is 0 Å². The molecule has 0 radical (unpaired) electrons. The molecule has 9 rings (SSSR count). The number of Topliss-reactive ketones (excluding diaryl/α,β-unsaturated/α-hetero) is 2. The predicted octanol–water partition coefficient (Wildman–Crippen LogP) is 7.59. The number of aromatic nitrogens is 8. The molecule has 4 aliphatic rings. The number of hydrogen-bond acceptors (Lipinski definition) is 30. The fourth-order valence-corrected chi connectivity index (χ4v) is 17.0. The minimum absolute atomic E-state index is 0.0445. The Hall–Kier alpha value is -8.89. The highest BCUT2D eigenvalue weighted by molar-refractivity contribution is 6.39. The second-order valence-corrected chi connectivity index (χ2v) is 34.0. The average Bonchev–Trinajstić information content (AvgIpc) is 1.57. The Morgan fingerprint density at radius 1 is 0.693 bits per heavy atom. The van der Waals surface area contributed by atoms with Crippen LogP contribution in [0.1, 0.15) is 176 Å². The van der Waals surface area contributed by atoms with E-state index in [-0.39, 0.29) is 105 Å². The normalized spacial score (nSPS) is 26.3. The third-order valence-corrected chi connectivity index (χ3v) is 24.4. The lowest BCUT2D eigenvalue weighted by Crippen LogP contribution is -2.61. The average molecular weight is 1780 g/mol. The maximum absolute atomic E-state index is 14.9. The predicted molar refractivity (Wildman–Crippen MR) is 472 cm³/mol. The molecule has 4 aromatic heterocycles. The van der Waals surface area contributed by atoms with Crippen LogP contribution in [0, 0.1) is 35.5 Å². The third kappa shape index (κ3) is 31.2. The molecule has 7 heterocycles. The number of nitrogens with one attached hydrogen (secondary N) is 3. The molecule has 4 amide bonds. The Kier molecular flexibility index (Phi) is 42.3. The van der Waals surface area contributed by atoms with Crippen molar-refractivity contribution in [2.45, 2.75) is 238 Å². The van der Waals surface area contributed by atoms with E-state index in [0.717, 1.165) is 29.7 Å². The Labute approximate surface area is 744 Å². The maximum Gasteiger partial charge on any atom is 0.329 e. The van der Waals surface area contributed by atoms with Crippen LogP contribution in [0.4, 0.5) is 11.8 Å². The van der Waals surface area contributed by atoms with Crippen molar-refractivity contribution < 1.29 is 105 Å². The van der Waals surface area contributed by atoms with Gasteiger partial charge >= 0.3 is 5.97 Å². The number of methoxy groups -OCH3 is 3. The number of ether oxygens (including phenoxy) is 11. The maximum atomic E-state index is 14.9. The van der Waals surface area contributed by atoms with Crippen molar-refractivity contribution in [1.29, 1.82) is 0 Å². The van der Waals surface area contributed by atoms with Crippen molar-refractivity contribution in [2.24, 2.45) is 35.5 Å². The fourth-order valence-electron chi connectivity index (χ4n) is 17.0. The van der Waals surface area contributed by atoms with Crippen LogP contribution in [0.25, 0.3) is 33.4 Å². The van der Waals surface area contributed by atoms with E-state index in [1.54, 1.807) is 58.9 Å². The second kappa shape index (κ2) is 52.7. The zero-order valence-electron chi connectivity index (χ0n) is 75.7. The summed E-state index contributed by atoms with van der Waals surface area (Å²) in [5, 5.41) is 58.1. The zero-order valence-corrected chi connectivity index (χ0v) is 75.7. The number of benzene rings is 1. The number of carbonyl (C=O) groups is 7. The summed E-state index contributed by atoms with van der Waals surface area (Å²) >= 11 is 0. The lowest BCUT2D eigenvalue weighted by Gasteiger charge is -2.43. The van der Waals surface area contributed by atoms with Gasteiger partial charge in [-0.15, -0.1) is 5.10 Å². The molecule has 10 N–H and O–H groups in total. The Morgan fingerprint density at radius 3 is 2.03 bits per heavy atom. The van der Waals surface area contributed by atoms with E-state index in [0.29, 0.717) is 209 Å². The number of aliphatic hydroxyl groups excluding tert-OH is 2. The van der Waals surface area contributed by atoms with Crippen LogP contribution in [0.15, 0.2) is 82.7 Å². The number of allylic oxidation sites excluding steroid dienone is 5. The van der Waals surface area contributed by atoms with Gasteiger partial charge in [0.05, 0.1) is 121 Å². The van der Waals surface area contributed by atoms with Gasteiger partial charge in [0.25, 0.3) is 17.7 Å². The molecule has 2 saturated heterocycles. The quantitative estimate of drug-likeness (QED) is 0.00808. The molecule has 16 atom stereocenters. The van der Waals surface area contributed by atoms with Gasteiger partial charge in [-0.1, -0.05) is 76.3 Å². The number of esters is 1. The van der Waals surface area contributed by atoms with E-state index < -0.39 is 89.6 Å². The van der Waals surface area contributed by atoms with Gasteiger partial charge in [0, 0.05) is 116 Å². The van der Waals surface area contributed by atoms with Gasteiger partial charge in [-0.2, -0.15) is 10.1 Å². The van der Waals surface area contributed by atoms with Gasteiger partial charge in [0.15, 0.2) is 17.0 Å². The summed E-state index contributed by atoms with van der Waals surface area (Å²) in [6, 6.07) is 4.28. The summed E-state index contributed by atoms with van der Waals surface area (Å²) in [6.07, 6.45) is 17.7. The number of aryl methyl sites for hydroxylation is 2. The van der Waals surface area contributed by atoms with Gasteiger partial charge in [0.1, 0.15) is 47.7 Å². The molecule has 1 aromatic carbocycles. The number of aliphatic hydroxyl groups is 3. The first-order valence-corrected chi connectivity index (χ1v) is 45.1. The largest absolute Gasteiger partial charge is 0.460 e. The number of nitrogens with zero attached hydrogens (tertiary/aromatic N) is 9. The summed E-state index contributed by atoms with van der Waals surface area (Å²) in [5.74, 6) is -7.80. The number of unbranched alkanes of at least 4 members (excludes halogenated alkanes) is 1. The Bertz CT molecular complexity index is 4420. The van der Waals surface area contributed by atoms with E-state index in [9.17, 15) is 48.9 Å². The molecule has 127 heavy (non-hydrogen) atoms. The smallest absolute Gasteiger partial charge is 0.329 e. The molecule has 3 fully saturated rings. The van der Waals surface area contributed by atoms with Crippen molar-refractivity contribution in [2.75, 3.05) is 138 Å². The van der Waals surface area contributed by atoms with E-state index in [1.165, 1.54) is 11.2 Å². The van der Waals surface area contributed by atoms with E-state index >= 15 is 0 Å². The fraction of sp³-hybridized carbons (Fsp3) is 0.681. The number of nitrogens with two attached hydrogens (primary N) is 2. The molecule has 2 bridgehead atoms. The van der Waals surface area contributed by atoms with Crippen LogP contribution in [-0.4, -0.2) is 282 Å². The summed E-state index contributed by atoms with van der Waals surface area (Å²) in [6.45, 7) is 18.5. The number of ketones is 2. The van der Waals surface area contributed by atoms with Crippen LogP contribution in [0.2, 0.25) is 0 Å². The molecule has 1 saturated carbocycles. The van der Waals surface area contributed by atoms with Gasteiger partial charge in [0.2, 0.25) is 23.5 Å². The van der Waals surface area contributed by atoms with Gasteiger partial charge < -0.3 is 104 Å². The number of anilines is 2. The zero-order chi connectivity index (χ0) is 91.4. The number of nitrogen functional groups attached to an aromatic ring is 2. The highest BCUT2D eigenvalue weighted by Crippen LogP contribution is 2.41. The van der Waals surface area contributed by atoms with Crippen LogP contribution in [0.5, 0.6) is 0 Å². The molecular weight excluding hydrogens is 1640 g/mol. The summed E-state index contributed by atoms with van der Waals surface area (Å²) in [4.78, 5) is 109. The van der Waals surface area contributed by atoms with E-state index in [4.69, 9.17) is 73.1 Å². The molecule has 0 spiro atoms. The highest BCUT2D eigenvalue weighted by Gasteiger charge is 2.53. The van der Waals surface area contributed by atoms with Gasteiger partial charge in [-0.25, -0.2) is 24.1 Å². The Balaban J connectivity index is 0.610. The number of piperidine rings is 1. The highest BCUT2D eigenvalue weighted by atomic mass is 16.6. The van der Waals surface area contributed by atoms with E-state index in [1.807, 2.05) is 81.1 Å². The SMILES string of the molecule is CO[C@H]1C[C@@H]2CC[C@@H](C)[C@@](O)(O2)C(=O)C(=O)N2CCCC[C@H]2C(=O)O[C@H]([C@H](C)C[C@@H]2CC[C@H](n3cc(CCCC(=O)NCCOCCOCCOCCC(=O)NCCOCCOCCOCCC(=O)NCCCCn4nc(-c5ccc6oc(N)nc6c5)c5c(N)ncnc54)nn3)[C@H](OC)C2)C[C@@H](OC)[C@H](C)/C=C(\C)[C@@H](O)[C@@H](O)C(=O)[C@H](C)C[C@H](C)/C=C/C=CC=C1C. The number of rotatable bonds is 41. The topological polar surface area (TPSA) is 473 Å². The monoisotopic (exact) mass is 1780 g/mol. The first kappa shape index (κ1) is 102. The van der Waals surface area contributed by atoms with Crippen molar-refractivity contribution >= 4 is 75.1 Å². The van der Waals surface area contributed by atoms with Crippen molar-refractivity contribution in [3.63, 3.8) is 0 Å². The molecule has 704 valence electrons. The first-order valence-electron chi connectivity index (χ1n) is 45.1. The number of carbonyl (C=O) groups excluding carboxylic acids is 7. The molecule has 36 nitrogen and oxygen atoms in total. The lowest BCUT2D eigenvalue weighted by molar-refractivity contribution is -0.265. The van der Waals surface area contributed by atoms with Crippen molar-refractivity contribution in [3.05, 3.63) is 84.0 Å². The standard InChI is InChI=1S/C91H138N14O22/c1-58-19-12-11-13-20-59(2)73(116-8)54-68-27-24-64(7)91(115,127-68)85(112)88(113)103-35-16-14-22-71(103)89(114)125-75(55-74(117-9)60(3)50-63(6)83(110)84(111)82(109)62(5)49-58)61(4)51-65-25-28-70(76(52-65)118-10)105-56-67(100-102-105)21-18-23-77(106)95-33-39-121-43-47-124-46-42-120-38-31-79(108)96-34-40-122-44-48-123-45-41-119-37-30-78(107)94-32-15-17-36-104-87-80(86(92)97-57-98-87)81(101-104)66-26-29-72-69(53-66)99-90(93)126-72/h11-13,19-20,26,29,50,53,56-58,60-62,64-65,68,70-71,73-76,83-84,110-111,115H,14-18,21-25,27-28,30-49,51-52,54-55H2,1-10H3,(H2,93,99)(H,94,107)(H,95,106)(H,96,108)(H2,92,97,98)/b13-11?,19-12+,59-20?,63-50+/t58-,60-,61-,62-,64-,65+,68+,70+,71+,73+,74-,75+,76-,83-,84+,91-/m1/s1. The minimum atomic E-state index is -2.46. The number of fused-ring (bicyclic) bond motifs is 5. The van der Waals surface area contributed by atoms with Crippen LogP contribution in [-0.2, 0) is 98.6 Å². The summed E-state index contributed by atoms with van der Waals surface area (Å²) < 4.78 is 73.6. The van der Waals surface area contributed by atoms with Crippen molar-refractivity contribution in [1.82, 2.24) is 60.6 Å². The van der Waals surface area contributed by atoms with Crippen molar-refractivity contribution in [3.8, 4) is 11.3 Å². The van der Waals surface area contributed by atoms with Crippen LogP contribution < -0.4 is 27.4 Å². The van der Waals surface area contributed by atoms with Gasteiger partial charge in [-0.05, 0) is 151 Å². The molecular formula is C91H138N14O22. The molecule has 5 aromatic rings. The third-order valence-electron chi connectivity index (χ3n) is 24.4. The first-order chi connectivity index (χ1) is 61.2. The summed E-state index contributed by atoms with van der Waals surface area (Å²) in [5.41, 5.74) is 17.2. The number of oxazole rings is 1. The number of cyclic esters (lactones) is 1. The second-order valence-electron chi connectivity index (χ2n) is 34.0. The molecule has 3 aliphatic heterocycles. The number of amides is 4. The van der Waals surface area contributed by atoms with Crippen LogP contribution in [0.3, 0.4) is 0 Å². The molecule has 0 unspecified atom stereocenters. The van der Waals surface area contributed by atoms with Gasteiger partial charge in [-0.3, -0.25) is 28.8 Å². The minimum Gasteiger partial charge on any atom is -0.460 e. The molecule has 36 heteroatoms. The lowest BCUT2D eigenvalue weighted by atomic mass is 9.77. The van der Waals surface area contributed by atoms with E-state index in [2.05, 4.69) is 41.2 Å². The Morgan fingerprint density at radius 2 is 1.35 bits per heavy atom. The summed E-state index contributed by atoms with van der Waals surface area (Å²) in [7, 11) is 4.80.